The van der Waals surface area contributed by atoms with Crippen molar-refractivity contribution in [1.29, 1.82) is 0 Å². The maximum atomic E-state index is 11.7. The van der Waals surface area contributed by atoms with Gasteiger partial charge in [-0.25, -0.2) is 4.79 Å². The lowest BCUT2D eigenvalue weighted by molar-refractivity contribution is 0.137. The minimum atomic E-state index is -0.995. The molecule has 0 bridgehead atoms. The first-order valence-corrected chi connectivity index (χ1v) is 10.6. The lowest BCUT2D eigenvalue weighted by Gasteiger charge is -2.28. The van der Waals surface area contributed by atoms with Crippen LogP contribution in [0.2, 0.25) is 5.02 Å². The number of amides is 1. The van der Waals surface area contributed by atoms with E-state index in [1.807, 2.05) is 34.9 Å². The number of benzene rings is 1. The predicted molar refractivity (Wildman–Crippen MR) is 111 cm³/mol. The van der Waals surface area contributed by atoms with Gasteiger partial charge in [-0.2, -0.15) is 5.10 Å². The molecule has 1 aliphatic carbocycles. The van der Waals surface area contributed by atoms with Gasteiger partial charge < -0.3 is 9.84 Å². The maximum Gasteiger partial charge on any atom is 0.408 e. The molecule has 0 atom stereocenters. The molecule has 0 radical (unpaired) electrons. The number of hydrogen-bond acceptors (Lipinski definition) is 6. The van der Waals surface area contributed by atoms with Crippen LogP contribution in [-0.2, 0) is 13.1 Å². The monoisotopic (exact) mass is 440 g/mol. The lowest BCUT2D eigenvalue weighted by atomic mass is 9.86. The van der Waals surface area contributed by atoms with Crippen LogP contribution in [0.4, 0.5) is 4.79 Å². The Morgan fingerprint density at radius 1 is 1.10 bits per heavy atom. The number of fused-ring (bicyclic) bond motifs is 3. The fourth-order valence-corrected chi connectivity index (χ4v) is 4.58. The standard InChI is InChI=1S/C21H21ClN6O3/c22-15-5-8-17-14(10-15)11-27(21(29)30)12-18-24-26-20(28(17)18)13-3-6-16(7-4-13)31-19-2-1-9-23-25-19/h1-2,5,8-10,13,16H,3-4,6-7,11-12H2,(H,29,30)/t13-,16-. The summed E-state index contributed by atoms with van der Waals surface area (Å²) in [6, 6.07) is 9.17. The Hall–Kier alpha value is -3.20. The molecule has 0 unspecified atom stereocenters. The van der Waals surface area contributed by atoms with E-state index in [2.05, 4.69) is 20.4 Å². The van der Waals surface area contributed by atoms with Gasteiger partial charge >= 0.3 is 6.09 Å². The summed E-state index contributed by atoms with van der Waals surface area (Å²) in [6.07, 6.45) is 4.26. The quantitative estimate of drug-likeness (QED) is 0.659. The van der Waals surface area contributed by atoms with Crippen molar-refractivity contribution in [2.24, 2.45) is 0 Å². The average Bonchev–Trinajstić information content (AvgIpc) is 3.10. The second-order valence-corrected chi connectivity index (χ2v) is 8.31. The SMILES string of the molecule is O=C(O)N1Cc2cc(Cl)ccc2-n2c(nnc2[C@H]2CC[C@H](Oc3cccnn3)CC2)C1. The molecule has 9 nitrogen and oxygen atoms in total. The average molecular weight is 441 g/mol. The Labute approximate surface area is 183 Å². The molecule has 1 amide bonds. The zero-order chi connectivity index (χ0) is 21.4. The first-order chi connectivity index (χ1) is 15.1. The highest BCUT2D eigenvalue weighted by molar-refractivity contribution is 6.30. The van der Waals surface area contributed by atoms with E-state index in [9.17, 15) is 9.90 Å². The molecule has 1 aliphatic heterocycles. The van der Waals surface area contributed by atoms with E-state index in [0.717, 1.165) is 42.8 Å². The summed E-state index contributed by atoms with van der Waals surface area (Å²) in [5, 5.41) is 26.9. The number of carboxylic acid groups (broad SMARTS) is 1. The van der Waals surface area contributed by atoms with E-state index in [1.165, 1.54) is 4.90 Å². The second-order valence-electron chi connectivity index (χ2n) is 7.87. The van der Waals surface area contributed by atoms with Crippen molar-refractivity contribution in [2.75, 3.05) is 0 Å². The van der Waals surface area contributed by atoms with Crippen LogP contribution >= 0.6 is 11.6 Å². The van der Waals surface area contributed by atoms with Gasteiger partial charge in [0.15, 0.2) is 5.82 Å². The van der Waals surface area contributed by atoms with E-state index in [0.29, 0.717) is 16.7 Å². The molecule has 31 heavy (non-hydrogen) atoms. The van der Waals surface area contributed by atoms with Gasteiger partial charge in [0, 0.05) is 23.2 Å². The zero-order valence-electron chi connectivity index (χ0n) is 16.7. The topological polar surface area (TPSA) is 106 Å². The highest BCUT2D eigenvalue weighted by Crippen LogP contribution is 2.36. The first-order valence-electron chi connectivity index (χ1n) is 10.2. The summed E-state index contributed by atoms with van der Waals surface area (Å²) < 4.78 is 7.98. The molecule has 0 spiro atoms. The van der Waals surface area contributed by atoms with Gasteiger partial charge in [0.25, 0.3) is 0 Å². The van der Waals surface area contributed by atoms with E-state index in [-0.39, 0.29) is 25.1 Å². The molecule has 2 aliphatic rings. The predicted octanol–water partition coefficient (Wildman–Crippen LogP) is 3.81. The van der Waals surface area contributed by atoms with Crippen molar-refractivity contribution < 1.29 is 14.6 Å². The van der Waals surface area contributed by atoms with E-state index >= 15 is 0 Å². The van der Waals surface area contributed by atoms with Crippen molar-refractivity contribution in [3.8, 4) is 11.6 Å². The molecule has 3 heterocycles. The third kappa shape index (κ3) is 3.93. The number of halogens is 1. The van der Waals surface area contributed by atoms with Gasteiger partial charge in [0.1, 0.15) is 11.9 Å². The van der Waals surface area contributed by atoms with Crippen LogP contribution in [0.3, 0.4) is 0 Å². The Morgan fingerprint density at radius 3 is 2.68 bits per heavy atom. The zero-order valence-corrected chi connectivity index (χ0v) is 17.4. The first kappa shape index (κ1) is 19.7. The van der Waals surface area contributed by atoms with Gasteiger partial charge in [-0.15, -0.1) is 15.3 Å². The summed E-state index contributed by atoms with van der Waals surface area (Å²) in [4.78, 5) is 13.0. The molecule has 1 fully saturated rings. The van der Waals surface area contributed by atoms with Gasteiger partial charge in [-0.1, -0.05) is 11.6 Å². The molecular formula is C21H21ClN6O3. The Kier molecular flexibility index (Phi) is 5.19. The van der Waals surface area contributed by atoms with E-state index in [4.69, 9.17) is 16.3 Å². The van der Waals surface area contributed by atoms with Gasteiger partial charge in [0.2, 0.25) is 5.88 Å². The van der Waals surface area contributed by atoms with Gasteiger partial charge in [-0.3, -0.25) is 9.47 Å². The number of ether oxygens (including phenoxy) is 1. The van der Waals surface area contributed by atoms with Crippen LogP contribution in [0.1, 0.15) is 48.8 Å². The van der Waals surface area contributed by atoms with Crippen molar-refractivity contribution in [3.05, 3.63) is 58.8 Å². The number of carbonyl (C=O) groups is 1. The number of hydrogen-bond donors (Lipinski definition) is 1. The number of rotatable bonds is 3. The van der Waals surface area contributed by atoms with Crippen molar-refractivity contribution in [2.45, 2.75) is 50.8 Å². The summed E-state index contributed by atoms with van der Waals surface area (Å²) in [5.74, 6) is 2.24. The molecule has 3 aromatic rings. The Morgan fingerprint density at radius 2 is 1.94 bits per heavy atom. The molecule has 5 rings (SSSR count). The van der Waals surface area contributed by atoms with Crippen LogP contribution in [-0.4, -0.2) is 47.2 Å². The minimum Gasteiger partial charge on any atom is -0.473 e. The third-order valence-electron chi connectivity index (χ3n) is 5.88. The highest BCUT2D eigenvalue weighted by Gasteiger charge is 2.32. The van der Waals surface area contributed by atoms with Gasteiger partial charge in [0.05, 0.1) is 18.8 Å². The second kappa shape index (κ2) is 8.14. The summed E-state index contributed by atoms with van der Waals surface area (Å²) in [5.41, 5.74) is 1.73. The van der Waals surface area contributed by atoms with Crippen molar-refractivity contribution >= 4 is 17.7 Å². The maximum absolute atomic E-state index is 11.7. The molecule has 0 saturated heterocycles. The third-order valence-corrected chi connectivity index (χ3v) is 6.11. The Bertz CT molecular complexity index is 1100. The lowest BCUT2D eigenvalue weighted by Crippen LogP contribution is -2.28. The fourth-order valence-electron chi connectivity index (χ4n) is 4.39. The smallest absolute Gasteiger partial charge is 0.408 e. The van der Waals surface area contributed by atoms with Crippen LogP contribution in [0.25, 0.3) is 5.69 Å². The molecule has 10 heteroatoms. The van der Waals surface area contributed by atoms with Gasteiger partial charge in [-0.05, 0) is 55.5 Å². The van der Waals surface area contributed by atoms with Crippen LogP contribution < -0.4 is 4.74 Å². The number of nitrogens with zero attached hydrogens (tertiary/aromatic N) is 6. The van der Waals surface area contributed by atoms with Crippen molar-refractivity contribution in [1.82, 2.24) is 29.9 Å². The van der Waals surface area contributed by atoms with Crippen LogP contribution in [0.15, 0.2) is 36.5 Å². The molecule has 1 saturated carbocycles. The van der Waals surface area contributed by atoms with E-state index < -0.39 is 6.09 Å². The molecular weight excluding hydrogens is 420 g/mol. The largest absolute Gasteiger partial charge is 0.473 e. The molecule has 1 N–H and O–H groups in total. The molecule has 160 valence electrons. The van der Waals surface area contributed by atoms with Crippen LogP contribution in [0, 0.1) is 0 Å². The Balaban J connectivity index is 1.41. The summed E-state index contributed by atoms with van der Waals surface area (Å²) >= 11 is 6.20. The summed E-state index contributed by atoms with van der Waals surface area (Å²) in [7, 11) is 0. The molecule has 2 aromatic heterocycles. The van der Waals surface area contributed by atoms with E-state index in [1.54, 1.807) is 6.20 Å². The fraction of sp³-hybridized carbons (Fsp3) is 0.381. The molecule has 1 aromatic carbocycles. The highest BCUT2D eigenvalue weighted by atomic mass is 35.5. The van der Waals surface area contributed by atoms with Crippen LogP contribution in [0.5, 0.6) is 5.88 Å². The summed E-state index contributed by atoms with van der Waals surface area (Å²) in [6.45, 7) is 0.437. The number of aromatic nitrogens is 5. The normalized spacial score (nSPS) is 20.5. The van der Waals surface area contributed by atoms with Crippen molar-refractivity contribution in [3.63, 3.8) is 0 Å². The minimum absolute atomic E-state index is 0.0908.